The number of amides is 1. The Morgan fingerprint density at radius 1 is 0.568 bits per heavy atom. The summed E-state index contributed by atoms with van der Waals surface area (Å²) in [6.45, 7) is 1.03. The summed E-state index contributed by atoms with van der Waals surface area (Å²) < 4.78 is 5.22. The second kappa shape index (κ2) is 25.6. The van der Waals surface area contributed by atoms with Crippen LogP contribution in [0.4, 0.5) is 4.79 Å². The zero-order chi connectivity index (χ0) is 26.7. The summed E-state index contributed by atoms with van der Waals surface area (Å²) in [6.07, 6.45) is 27.0. The Morgan fingerprint density at radius 2 is 0.946 bits per heavy atom. The summed E-state index contributed by atoms with van der Waals surface area (Å²) >= 11 is 0. The van der Waals surface area contributed by atoms with E-state index in [0.29, 0.717) is 19.6 Å². The summed E-state index contributed by atoms with van der Waals surface area (Å²) in [4.78, 5) is 22.2. The van der Waals surface area contributed by atoms with Gasteiger partial charge < -0.3 is 15.2 Å². The van der Waals surface area contributed by atoms with Crippen LogP contribution < -0.4 is 5.32 Å². The van der Waals surface area contributed by atoms with E-state index in [4.69, 9.17) is 9.84 Å². The molecule has 1 aromatic carbocycles. The van der Waals surface area contributed by atoms with Crippen LogP contribution in [0.5, 0.6) is 0 Å². The summed E-state index contributed by atoms with van der Waals surface area (Å²) in [5.74, 6) is -0.662. The van der Waals surface area contributed by atoms with Gasteiger partial charge in [-0.15, -0.1) is 0 Å². The molecule has 0 unspecified atom stereocenters. The maximum atomic E-state index is 11.7. The quantitative estimate of drug-likeness (QED) is 0.120. The molecular formula is C32H55NO4. The fraction of sp³-hybridized carbons (Fsp3) is 0.750. The van der Waals surface area contributed by atoms with Gasteiger partial charge in [-0.2, -0.15) is 0 Å². The molecule has 0 fully saturated rings. The standard InChI is InChI=1S/C32H55NO4/c34-31(35)27-23-18-16-14-12-10-8-6-4-2-1-3-5-7-9-11-13-15-17-19-24-28-33-32(36)37-29-30-25-21-20-22-26-30/h20-22,25-26H,1-19,23-24,27-29H2,(H,33,36)(H,34,35). The Labute approximate surface area is 227 Å². The van der Waals surface area contributed by atoms with Crippen molar-refractivity contribution in [2.45, 2.75) is 148 Å². The van der Waals surface area contributed by atoms with Crippen molar-refractivity contribution >= 4 is 12.1 Å². The number of ether oxygens (including phenoxy) is 1. The molecule has 0 saturated carbocycles. The number of rotatable bonds is 26. The van der Waals surface area contributed by atoms with Crippen molar-refractivity contribution in [3.05, 3.63) is 35.9 Å². The average Bonchev–Trinajstić information content (AvgIpc) is 2.90. The maximum absolute atomic E-state index is 11.7. The summed E-state index contributed by atoms with van der Waals surface area (Å²) in [6, 6.07) is 9.76. The molecule has 0 spiro atoms. The van der Waals surface area contributed by atoms with E-state index in [1.807, 2.05) is 30.3 Å². The molecule has 0 aliphatic rings. The third kappa shape index (κ3) is 24.1. The monoisotopic (exact) mass is 517 g/mol. The van der Waals surface area contributed by atoms with E-state index < -0.39 is 5.97 Å². The number of nitrogens with one attached hydrogen (secondary N) is 1. The normalized spacial score (nSPS) is 10.9. The topological polar surface area (TPSA) is 75.6 Å². The minimum absolute atomic E-state index is 0.321. The Kier molecular flexibility index (Phi) is 22.8. The lowest BCUT2D eigenvalue weighted by Gasteiger charge is -2.07. The van der Waals surface area contributed by atoms with Crippen LogP contribution in [0.1, 0.15) is 147 Å². The summed E-state index contributed by atoms with van der Waals surface area (Å²) in [5, 5.41) is 11.5. The lowest BCUT2D eigenvalue weighted by atomic mass is 10.0. The van der Waals surface area contributed by atoms with Crippen LogP contribution in [0.2, 0.25) is 0 Å². The molecule has 37 heavy (non-hydrogen) atoms. The summed E-state index contributed by atoms with van der Waals surface area (Å²) in [5.41, 5.74) is 1.01. The molecule has 0 aromatic heterocycles. The van der Waals surface area contributed by atoms with Gasteiger partial charge >= 0.3 is 12.1 Å². The summed E-state index contributed by atoms with van der Waals surface area (Å²) in [7, 11) is 0. The highest BCUT2D eigenvalue weighted by atomic mass is 16.5. The van der Waals surface area contributed by atoms with Crippen LogP contribution >= 0.6 is 0 Å². The van der Waals surface area contributed by atoms with Gasteiger partial charge in [-0.3, -0.25) is 4.79 Å². The molecule has 5 nitrogen and oxygen atoms in total. The highest BCUT2D eigenvalue weighted by molar-refractivity contribution is 5.67. The molecule has 1 aromatic rings. The predicted molar refractivity (Wildman–Crippen MR) is 154 cm³/mol. The molecule has 0 atom stereocenters. The molecule has 0 aliphatic carbocycles. The van der Waals surface area contributed by atoms with E-state index >= 15 is 0 Å². The second-order valence-electron chi connectivity index (χ2n) is 10.6. The number of aliphatic carboxylic acids is 1. The number of benzene rings is 1. The largest absolute Gasteiger partial charge is 0.481 e. The SMILES string of the molecule is O=C(O)CCCCCCCCCCCCCCCCCCCCCCCNC(=O)OCc1ccccc1. The lowest BCUT2D eigenvalue weighted by Crippen LogP contribution is -2.25. The van der Waals surface area contributed by atoms with Gasteiger partial charge in [0, 0.05) is 13.0 Å². The first-order valence-electron chi connectivity index (χ1n) is 15.3. The van der Waals surface area contributed by atoms with Crippen LogP contribution in [-0.2, 0) is 16.1 Å². The van der Waals surface area contributed by atoms with Gasteiger partial charge in [0.25, 0.3) is 0 Å². The highest BCUT2D eigenvalue weighted by Crippen LogP contribution is 2.15. The first kappa shape index (κ1) is 33.0. The average molecular weight is 518 g/mol. The van der Waals surface area contributed by atoms with Crippen LogP contribution in [0.25, 0.3) is 0 Å². The number of carbonyl (C=O) groups is 2. The maximum Gasteiger partial charge on any atom is 0.407 e. The molecule has 0 radical (unpaired) electrons. The number of carboxylic acid groups (broad SMARTS) is 1. The Hall–Kier alpha value is -2.04. The molecule has 0 bridgehead atoms. The fourth-order valence-corrected chi connectivity index (χ4v) is 4.72. The van der Waals surface area contributed by atoms with Gasteiger partial charge in [-0.25, -0.2) is 4.79 Å². The number of carboxylic acids is 1. The zero-order valence-corrected chi connectivity index (χ0v) is 23.5. The smallest absolute Gasteiger partial charge is 0.407 e. The van der Waals surface area contributed by atoms with Gasteiger partial charge in [0.05, 0.1) is 0 Å². The molecule has 0 aliphatic heterocycles. The number of alkyl carbamates (subject to hydrolysis) is 1. The predicted octanol–water partition coefficient (Wildman–Crippen LogP) is 9.58. The fourth-order valence-electron chi connectivity index (χ4n) is 4.72. The molecule has 0 heterocycles. The van der Waals surface area contributed by atoms with Gasteiger partial charge in [0.2, 0.25) is 0 Å². The van der Waals surface area contributed by atoms with Gasteiger partial charge in [0.15, 0.2) is 0 Å². The molecule has 5 heteroatoms. The van der Waals surface area contributed by atoms with Crippen molar-refractivity contribution in [3.8, 4) is 0 Å². The third-order valence-electron chi connectivity index (χ3n) is 7.05. The molecule has 1 rings (SSSR count). The first-order chi connectivity index (χ1) is 18.2. The van der Waals surface area contributed by atoms with Gasteiger partial charge in [0.1, 0.15) is 6.61 Å². The minimum atomic E-state index is -0.662. The van der Waals surface area contributed by atoms with E-state index in [-0.39, 0.29) is 6.09 Å². The van der Waals surface area contributed by atoms with Crippen molar-refractivity contribution in [3.63, 3.8) is 0 Å². The van der Waals surface area contributed by atoms with Gasteiger partial charge in [-0.1, -0.05) is 152 Å². The zero-order valence-electron chi connectivity index (χ0n) is 23.5. The van der Waals surface area contributed by atoms with Crippen LogP contribution in [0.3, 0.4) is 0 Å². The first-order valence-corrected chi connectivity index (χ1v) is 15.3. The van der Waals surface area contributed by atoms with Crippen LogP contribution in [0.15, 0.2) is 30.3 Å². The Morgan fingerprint density at radius 3 is 1.35 bits per heavy atom. The Bertz CT molecular complexity index is 649. The highest BCUT2D eigenvalue weighted by Gasteiger charge is 2.02. The van der Waals surface area contributed by atoms with Crippen LogP contribution in [0, 0.1) is 0 Å². The molecule has 212 valence electrons. The molecule has 1 amide bonds. The Balaban J connectivity index is 1.68. The number of hydrogen-bond acceptors (Lipinski definition) is 3. The number of hydrogen-bond donors (Lipinski definition) is 2. The van der Waals surface area contributed by atoms with Crippen molar-refractivity contribution in [2.24, 2.45) is 0 Å². The lowest BCUT2D eigenvalue weighted by molar-refractivity contribution is -0.137. The number of carbonyl (C=O) groups excluding carboxylic acids is 1. The van der Waals surface area contributed by atoms with Crippen LogP contribution in [-0.4, -0.2) is 23.7 Å². The third-order valence-corrected chi connectivity index (χ3v) is 7.05. The molecule has 0 saturated heterocycles. The van der Waals surface area contributed by atoms with E-state index in [9.17, 15) is 9.59 Å². The minimum Gasteiger partial charge on any atom is -0.481 e. The molecular weight excluding hydrogens is 462 g/mol. The molecule has 2 N–H and O–H groups in total. The van der Waals surface area contributed by atoms with Crippen molar-refractivity contribution in [2.75, 3.05) is 6.54 Å². The van der Waals surface area contributed by atoms with E-state index in [0.717, 1.165) is 24.8 Å². The van der Waals surface area contributed by atoms with Crippen molar-refractivity contribution in [1.29, 1.82) is 0 Å². The second-order valence-corrected chi connectivity index (χ2v) is 10.6. The number of unbranched alkanes of at least 4 members (excludes halogenated alkanes) is 20. The van der Waals surface area contributed by atoms with Crippen molar-refractivity contribution < 1.29 is 19.4 Å². The van der Waals surface area contributed by atoms with Gasteiger partial charge in [-0.05, 0) is 18.4 Å². The van der Waals surface area contributed by atoms with Crippen molar-refractivity contribution in [1.82, 2.24) is 5.32 Å². The van der Waals surface area contributed by atoms with E-state index in [2.05, 4.69) is 5.32 Å². The van der Waals surface area contributed by atoms with E-state index in [1.54, 1.807) is 0 Å². The van der Waals surface area contributed by atoms with E-state index in [1.165, 1.54) is 116 Å².